The van der Waals surface area contributed by atoms with Crippen LogP contribution in [0.15, 0.2) is 24.4 Å². The number of fused-ring (bicyclic) bond motifs is 1. The highest BCUT2D eigenvalue weighted by atomic mass is 15.4. The van der Waals surface area contributed by atoms with Crippen LogP contribution in [-0.2, 0) is 13.0 Å². The minimum absolute atomic E-state index is 0.530. The zero-order valence-corrected chi connectivity index (χ0v) is 12.3. The molecule has 0 aliphatic heterocycles. The molecule has 1 atom stereocenters. The maximum Gasteiger partial charge on any atom is 0.0885 e. The first kappa shape index (κ1) is 13.3. The Morgan fingerprint density at radius 1 is 1.35 bits per heavy atom. The summed E-state index contributed by atoms with van der Waals surface area (Å²) >= 11 is 0. The van der Waals surface area contributed by atoms with E-state index in [1.165, 1.54) is 23.1 Å². The molecule has 0 fully saturated rings. The van der Waals surface area contributed by atoms with Crippen molar-refractivity contribution in [3.8, 4) is 11.3 Å². The maximum atomic E-state index is 4.17. The highest BCUT2D eigenvalue weighted by Crippen LogP contribution is 2.33. The van der Waals surface area contributed by atoms with Crippen LogP contribution < -0.4 is 5.32 Å². The van der Waals surface area contributed by atoms with Crippen LogP contribution in [0.3, 0.4) is 0 Å². The molecule has 2 aromatic rings. The van der Waals surface area contributed by atoms with Crippen LogP contribution >= 0.6 is 0 Å². The van der Waals surface area contributed by atoms with Gasteiger partial charge in [0.15, 0.2) is 0 Å². The largest absolute Gasteiger partial charge is 0.310 e. The zero-order chi connectivity index (χ0) is 13.9. The normalized spacial score (nSPS) is 17.4. The van der Waals surface area contributed by atoms with Crippen molar-refractivity contribution in [2.45, 2.75) is 45.7 Å². The van der Waals surface area contributed by atoms with Crippen molar-refractivity contribution in [3.05, 3.63) is 35.5 Å². The molecule has 1 aliphatic rings. The summed E-state index contributed by atoms with van der Waals surface area (Å²) in [6, 6.07) is 7.33. The van der Waals surface area contributed by atoms with Gasteiger partial charge in [-0.05, 0) is 43.0 Å². The molecule has 0 saturated carbocycles. The maximum absolute atomic E-state index is 4.17. The predicted octanol–water partition coefficient (Wildman–Crippen LogP) is 2.95. The van der Waals surface area contributed by atoms with E-state index < -0.39 is 0 Å². The van der Waals surface area contributed by atoms with Gasteiger partial charge in [-0.15, -0.1) is 5.10 Å². The first-order valence-electron chi connectivity index (χ1n) is 7.58. The fourth-order valence-electron chi connectivity index (χ4n) is 3.09. The molecule has 0 bridgehead atoms. The second-order valence-corrected chi connectivity index (χ2v) is 5.40. The van der Waals surface area contributed by atoms with Crippen LogP contribution in [0.1, 0.15) is 43.9 Å². The van der Waals surface area contributed by atoms with Crippen molar-refractivity contribution in [2.75, 3.05) is 6.54 Å². The highest BCUT2D eigenvalue weighted by Gasteiger charge is 2.22. The van der Waals surface area contributed by atoms with Gasteiger partial charge in [0, 0.05) is 18.2 Å². The third kappa shape index (κ3) is 2.36. The van der Waals surface area contributed by atoms with E-state index in [1.54, 1.807) is 0 Å². The molecule has 1 heterocycles. The number of rotatable bonds is 5. The van der Waals surface area contributed by atoms with Crippen molar-refractivity contribution >= 4 is 0 Å². The predicted molar refractivity (Wildman–Crippen MR) is 80.5 cm³/mol. The molecule has 4 heteroatoms. The summed E-state index contributed by atoms with van der Waals surface area (Å²) in [4.78, 5) is 0. The van der Waals surface area contributed by atoms with Crippen LogP contribution in [0, 0.1) is 0 Å². The molecule has 1 aromatic carbocycles. The average Bonchev–Trinajstić information content (AvgIpc) is 3.07. The smallest absolute Gasteiger partial charge is 0.0885 e. The minimum atomic E-state index is 0.530. The number of nitrogens with zero attached hydrogens (tertiary/aromatic N) is 3. The molecule has 0 saturated heterocycles. The van der Waals surface area contributed by atoms with Crippen LogP contribution in [0.5, 0.6) is 0 Å². The standard InChI is InChI=1S/C16H22N4/c1-3-9-20-16(11-18-19-20)13-5-7-14-12(10-13)6-8-15(14)17-4-2/h5,7,10-11,15,17H,3-4,6,8-9H2,1-2H3. The Hall–Kier alpha value is -1.68. The molecule has 4 nitrogen and oxygen atoms in total. The summed E-state index contributed by atoms with van der Waals surface area (Å²) in [7, 11) is 0. The third-order valence-electron chi connectivity index (χ3n) is 4.02. The SMILES string of the molecule is CCCn1nncc1-c1ccc2c(c1)CCC2NCC. The molecular formula is C16H22N4. The van der Waals surface area contributed by atoms with E-state index in [1.807, 2.05) is 10.9 Å². The van der Waals surface area contributed by atoms with Crippen molar-refractivity contribution in [2.24, 2.45) is 0 Å². The van der Waals surface area contributed by atoms with Crippen LogP contribution in [0.2, 0.25) is 0 Å². The topological polar surface area (TPSA) is 42.7 Å². The average molecular weight is 270 g/mol. The summed E-state index contributed by atoms with van der Waals surface area (Å²) in [6.45, 7) is 6.28. The van der Waals surface area contributed by atoms with Gasteiger partial charge in [0.2, 0.25) is 0 Å². The molecule has 1 aliphatic carbocycles. The number of benzene rings is 1. The highest BCUT2D eigenvalue weighted by molar-refractivity contribution is 5.61. The van der Waals surface area contributed by atoms with E-state index in [2.05, 4.69) is 47.7 Å². The van der Waals surface area contributed by atoms with Gasteiger partial charge in [0.1, 0.15) is 0 Å². The monoisotopic (exact) mass is 270 g/mol. The van der Waals surface area contributed by atoms with Crippen LogP contribution in [0.4, 0.5) is 0 Å². The van der Waals surface area contributed by atoms with Gasteiger partial charge in [0.25, 0.3) is 0 Å². The molecular weight excluding hydrogens is 248 g/mol. The number of nitrogens with one attached hydrogen (secondary N) is 1. The Morgan fingerprint density at radius 2 is 2.25 bits per heavy atom. The fourth-order valence-corrected chi connectivity index (χ4v) is 3.09. The van der Waals surface area contributed by atoms with E-state index in [-0.39, 0.29) is 0 Å². The molecule has 106 valence electrons. The summed E-state index contributed by atoms with van der Waals surface area (Å²) in [5.74, 6) is 0. The lowest BCUT2D eigenvalue weighted by molar-refractivity contribution is 0.549. The number of aromatic nitrogens is 3. The van der Waals surface area contributed by atoms with E-state index in [9.17, 15) is 0 Å². The van der Waals surface area contributed by atoms with E-state index in [0.717, 1.165) is 31.6 Å². The fraction of sp³-hybridized carbons (Fsp3) is 0.500. The molecule has 1 unspecified atom stereocenters. The van der Waals surface area contributed by atoms with Gasteiger partial charge in [0.05, 0.1) is 11.9 Å². The molecule has 1 aromatic heterocycles. The lowest BCUT2D eigenvalue weighted by atomic mass is 10.0. The van der Waals surface area contributed by atoms with Crippen molar-refractivity contribution in [1.82, 2.24) is 20.3 Å². The number of hydrogen-bond donors (Lipinski definition) is 1. The van der Waals surface area contributed by atoms with Crippen molar-refractivity contribution < 1.29 is 0 Å². The first-order chi connectivity index (χ1) is 9.83. The van der Waals surface area contributed by atoms with Gasteiger partial charge in [-0.25, -0.2) is 4.68 Å². The third-order valence-corrected chi connectivity index (χ3v) is 4.02. The lowest BCUT2D eigenvalue weighted by Crippen LogP contribution is -2.18. The quantitative estimate of drug-likeness (QED) is 0.908. The molecule has 20 heavy (non-hydrogen) atoms. The zero-order valence-electron chi connectivity index (χ0n) is 12.3. The van der Waals surface area contributed by atoms with Gasteiger partial charge >= 0.3 is 0 Å². The summed E-state index contributed by atoms with van der Waals surface area (Å²) in [6.07, 6.45) is 5.31. The molecule has 0 amide bonds. The van der Waals surface area contributed by atoms with Crippen LogP contribution in [0.25, 0.3) is 11.3 Å². The Kier molecular flexibility index (Phi) is 3.83. The summed E-state index contributed by atoms with van der Waals surface area (Å²) in [5, 5.41) is 11.8. The lowest BCUT2D eigenvalue weighted by Gasteiger charge is -2.13. The van der Waals surface area contributed by atoms with Crippen molar-refractivity contribution in [3.63, 3.8) is 0 Å². The number of aryl methyl sites for hydroxylation is 2. The van der Waals surface area contributed by atoms with Crippen LogP contribution in [-0.4, -0.2) is 21.5 Å². The van der Waals surface area contributed by atoms with Gasteiger partial charge in [-0.3, -0.25) is 0 Å². The Bertz CT molecular complexity index is 588. The molecule has 3 rings (SSSR count). The second-order valence-electron chi connectivity index (χ2n) is 5.40. The summed E-state index contributed by atoms with van der Waals surface area (Å²) < 4.78 is 2.00. The Labute approximate surface area is 120 Å². The minimum Gasteiger partial charge on any atom is -0.310 e. The van der Waals surface area contributed by atoms with Crippen molar-refractivity contribution in [1.29, 1.82) is 0 Å². The van der Waals surface area contributed by atoms with Gasteiger partial charge in [-0.2, -0.15) is 0 Å². The molecule has 0 spiro atoms. The van der Waals surface area contributed by atoms with E-state index >= 15 is 0 Å². The molecule has 0 radical (unpaired) electrons. The second kappa shape index (κ2) is 5.75. The van der Waals surface area contributed by atoms with E-state index in [0.29, 0.717) is 6.04 Å². The summed E-state index contributed by atoms with van der Waals surface area (Å²) in [5.41, 5.74) is 5.30. The Morgan fingerprint density at radius 3 is 3.05 bits per heavy atom. The van der Waals surface area contributed by atoms with E-state index in [4.69, 9.17) is 0 Å². The first-order valence-corrected chi connectivity index (χ1v) is 7.58. The van der Waals surface area contributed by atoms with Gasteiger partial charge < -0.3 is 5.32 Å². The van der Waals surface area contributed by atoms with Gasteiger partial charge in [-0.1, -0.05) is 31.2 Å². The Balaban J connectivity index is 1.91. The molecule has 1 N–H and O–H groups in total. The number of hydrogen-bond acceptors (Lipinski definition) is 3.